The van der Waals surface area contributed by atoms with E-state index < -0.39 is 70.6 Å². The number of hydrogen-bond donors (Lipinski definition) is 2. The van der Waals surface area contributed by atoms with E-state index in [0.717, 1.165) is 24.3 Å². The Hall–Kier alpha value is -4.15. The summed E-state index contributed by atoms with van der Waals surface area (Å²) in [5.74, 6) is -6.62. The number of hydrogen-bond acceptors (Lipinski definition) is 6. The van der Waals surface area contributed by atoms with E-state index in [2.05, 4.69) is 5.32 Å². The fourth-order valence-electron chi connectivity index (χ4n) is 3.29. The van der Waals surface area contributed by atoms with Crippen LogP contribution in [0.15, 0.2) is 72.8 Å². The van der Waals surface area contributed by atoms with Gasteiger partial charge in [0.15, 0.2) is 0 Å². The van der Waals surface area contributed by atoms with Crippen LogP contribution >= 0.6 is 22.6 Å². The van der Waals surface area contributed by atoms with Gasteiger partial charge in [0.2, 0.25) is 12.2 Å². The van der Waals surface area contributed by atoms with Gasteiger partial charge in [-0.25, -0.2) is 14.4 Å². The number of ether oxygens (including phenoxy) is 2. The first-order valence-corrected chi connectivity index (χ1v) is 12.2. The maximum atomic E-state index is 13.1. The van der Waals surface area contributed by atoms with E-state index in [9.17, 15) is 50.6 Å². The van der Waals surface area contributed by atoms with Gasteiger partial charge in [0, 0.05) is 9.26 Å². The molecular formula is C26H16F6INO7. The molecule has 216 valence electrons. The molecule has 0 aliphatic rings. The van der Waals surface area contributed by atoms with Gasteiger partial charge < -0.3 is 19.9 Å². The largest absolute Gasteiger partial charge is 0.478 e. The molecule has 0 saturated carbocycles. The van der Waals surface area contributed by atoms with E-state index >= 15 is 0 Å². The van der Waals surface area contributed by atoms with E-state index in [1.807, 2.05) is 22.6 Å². The van der Waals surface area contributed by atoms with Crippen molar-refractivity contribution in [3.05, 3.63) is 98.6 Å². The van der Waals surface area contributed by atoms with Gasteiger partial charge in [-0.3, -0.25) is 4.79 Å². The summed E-state index contributed by atoms with van der Waals surface area (Å²) < 4.78 is 88.9. The molecule has 41 heavy (non-hydrogen) atoms. The van der Waals surface area contributed by atoms with E-state index in [4.69, 9.17) is 9.47 Å². The van der Waals surface area contributed by atoms with Gasteiger partial charge >= 0.3 is 30.3 Å². The van der Waals surface area contributed by atoms with Gasteiger partial charge in [-0.2, -0.15) is 26.3 Å². The number of carbonyl (C=O) groups is 4. The van der Waals surface area contributed by atoms with Crippen molar-refractivity contribution < 1.29 is 60.1 Å². The minimum Gasteiger partial charge on any atom is -0.478 e. The number of alkyl halides is 6. The fraction of sp³-hybridized carbons (Fsp3) is 0.154. The van der Waals surface area contributed by atoms with Gasteiger partial charge in [0.05, 0.1) is 22.3 Å². The highest BCUT2D eigenvalue weighted by atomic mass is 127. The third kappa shape index (κ3) is 8.42. The van der Waals surface area contributed by atoms with Crippen LogP contribution in [0.3, 0.4) is 0 Å². The molecule has 3 rings (SSSR count). The molecule has 0 spiro atoms. The summed E-state index contributed by atoms with van der Waals surface area (Å²) in [6.07, 6.45) is -14.9. The zero-order chi connectivity index (χ0) is 30.5. The van der Waals surface area contributed by atoms with Crippen LogP contribution in [0.4, 0.5) is 32.0 Å². The van der Waals surface area contributed by atoms with Crippen molar-refractivity contribution in [2.45, 2.75) is 24.6 Å². The number of carboxylic acids is 1. The second-order valence-corrected chi connectivity index (χ2v) is 9.39. The van der Waals surface area contributed by atoms with Gasteiger partial charge in [-0.05, 0) is 77.2 Å². The smallest absolute Gasteiger partial charge is 0.416 e. The van der Waals surface area contributed by atoms with Crippen molar-refractivity contribution in [2.24, 2.45) is 0 Å². The Labute approximate surface area is 240 Å². The third-order valence-corrected chi connectivity index (χ3v) is 5.86. The minimum atomic E-state index is -4.86. The molecule has 0 unspecified atom stereocenters. The summed E-state index contributed by atoms with van der Waals surface area (Å²) in [5, 5.41) is 12.0. The number of carboxylic acid groups (broad SMARTS) is 1. The van der Waals surface area contributed by atoms with Gasteiger partial charge in [-0.1, -0.05) is 18.2 Å². The number of carbonyl (C=O) groups excluding carboxylic acids is 3. The van der Waals surface area contributed by atoms with Crippen LogP contribution in [-0.4, -0.2) is 41.1 Å². The lowest BCUT2D eigenvalue weighted by atomic mass is 10.1. The average molecular weight is 695 g/mol. The monoisotopic (exact) mass is 695 g/mol. The number of nitrogens with one attached hydrogen (secondary N) is 1. The predicted octanol–water partition coefficient (Wildman–Crippen LogP) is 5.80. The number of rotatable bonds is 8. The zero-order valence-electron chi connectivity index (χ0n) is 20.1. The molecule has 3 aromatic rings. The van der Waals surface area contributed by atoms with Crippen LogP contribution in [0.25, 0.3) is 0 Å². The van der Waals surface area contributed by atoms with Gasteiger partial charge in [-0.15, -0.1) is 0 Å². The van der Waals surface area contributed by atoms with Crippen molar-refractivity contribution in [3.63, 3.8) is 0 Å². The van der Waals surface area contributed by atoms with Gasteiger partial charge in [0.1, 0.15) is 0 Å². The summed E-state index contributed by atoms with van der Waals surface area (Å²) in [7, 11) is 0. The summed E-state index contributed by atoms with van der Waals surface area (Å²) in [6.45, 7) is 0. The first-order valence-electron chi connectivity index (χ1n) is 11.1. The Bertz CT molecular complexity index is 1470. The average Bonchev–Trinajstić information content (AvgIpc) is 2.89. The van der Waals surface area contributed by atoms with Gasteiger partial charge in [0.25, 0.3) is 5.91 Å². The van der Waals surface area contributed by atoms with Crippen LogP contribution in [-0.2, 0) is 31.4 Å². The highest BCUT2D eigenvalue weighted by Gasteiger charge is 2.42. The molecule has 0 fully saturated rings. The molecule has 0 radical (unpaired) electrons. The molecular weight excluding hydrogens is 679 g/mol. The molecule has 0 aliphatic carbocycles. The molecule has 0 saturated heterocycles. The summed E-state index contributed by atoms with van der Waals surface area (Å²) in [4.78, 5) is 50.5. The van der Waals surface area contributed by atoms with E-state index in [-0.39, 0.29) is 5.69 Å². The molecule has 2 atom stereocenters. The maximum absolute atomic E-state index is 13.1. The highest BCUT2D eigenvalue weighted by Crippen LogP contribution is 2.31. The summed E-state index contributed by atoms with van der Waals surface area (Å²) >= 11 is 1.89. The first-order chi connectivity index (χ1) is 19.1. The lowest BCUT2D eigenvalue weighted by Crippen LogP contribution is -2.48. The molecule has 0 aliphatic heterocycles. The van der Waals surface area contributed by atoms with Crippen LogP contribution in [0.1, 0.15) is 31.8 Å². The molecule has 8 nitrogen and oxygen atoms in total. The molecule has 0 heterocycles. The third-order valence-electron chi connectivity index (χ3n) is 5.19. The number of esters is 2. The van der Waals surface area contributed by atoms with Crippen molar-refractivity contribution in [3.8, 4) is 0 Å². The van der Waals surface area contributed by atoms with Crippen LogP contribution < -0.4 is 5.32 Å². The SMILES string of the molecule is O=C(O[C@H](C(=O)O)[C@@H](OC(=O)c1cccc(C(F)(F)F)c1)C(=O)Nc1cccc(I)c1)c1cccc(C(F)(F)F)c1. The van der Waals surface area contributed by atoms with Crippen molar-refractivity contribution in [1.82, 2.24) is 0 Å². The molecule has 1 amide bonds. The van der Waals surface area contributed by atoms with Crippen molar-refractivity contribution in [2.75, 3.05) is 5.32 Å². The Morgan fingerprint density at radius 1 is 0.707 bits per heavy atom. The van der Waals surface area contributed by atoms with E-state index in [1.54, 1.807) is 6.07 Å². The topological polar surface area (TPSA) is 119 Å². The van der Waals surface area contributed by atoms with E-state index in [0.29, 0.717) is 27.8 Å². The second kappa shape index (κ2) is 12.6. The molecule has 3 aromatic carbocycles. The van der Waals surface area contributed by atoms with Crippen molar-refractivity contribution >= 4 is 52.1 Å². The number of aliphatic carboxylic acids is 1. The fourth-order valence-corrected chi connectivity index (χ4v) is 3.83. The molecule has 0 aromatic heterocycles. The quantitative estimate of drug-likeness (QED) is 0.174. The zero-order valence-corrected chi connectivity index (χ0v) is 22.3. The Morgan fingerprint density at radius 2 is 1.17 bits per heavy atom. The molecule has 15 heteroatoms. The summed E-state index contributed by atoms with van der Waals surface area (Å²) in [5.41, 5.74) is -3.90. The Morgan fingerprint density at radius 3 is 1.61 bits per heavy atom. The first kappa shape index (κ1) is 31.4. The van der Waals surface area contributed by atoms with Crippen LogP contribution in [0, 0.1) is 3.57 Å². The minimum absolute atomic E-state index is 0.0790. The molecule has 0 bridgehead atoms. The summed E-state index contributed by atoms with van der Waals surface area (Å²) in [6, 6.07) is 11.5. The normalized spacial score (nSPS) is 13.0. The van der Waals surface area contributed by atoms with Crippen LogP contribution in [0.5, 0.6) is 0 Å². The van der Waals surface area contributed by atoms with Crippen LogP contribution in [0.2, 0.25) is 0 Å². The lowest BCUT2D eigenvalue weighted by Gasteiger charge is -2.24. The number of anilines is 1. The number of halogens is 7. The van der Waals surface area contributed by atoms with E-state index in [1.165, 1.54) is 18.2 Å². The predicted molar refractivity (Wildman–Crippen MR) is 137 cm³/mol. The molecule has 2 N–H and O–H groups in total. The lowest BCUT2D eigenvalue weighted by molar-refractivity contribution is -0.157. The Kier molecular flexibility index (Phi) is 9.62. The standard InChI is InChI=1S/C26H16F6INO7/c27-25(28,29)15-6-1-4-13(10-15)23(38)40-19(21(35)34-18-9-3-8-17(33)12-18)20(22(36)37)41-24(39)14-5-2-7-16(11-14)26(30,31)32/h1-12,19-20H,(H,34,35)(H,36,37)/t19-,20+/m1/s1. The highest BCUT2D eigenvalue weighted by molar-refractivity contribution is 14.1. The maximum Gasteiger partial charge on any atom is 0.416 e. The number of benzene rings is 3. The van der Waals surface area contributed by atoms with Crippen molar-refractivity contribution in [1.29, 1.82) is 0 Å². The second-order valence-electron chi connectivity index (χ2n) is 8.15. The number of amides is 1. The Balaban J connectivity index is 1.97.